The molecule has 0 fully saturated rings. The van der Waals surface area contributed by atoms with Gasteiger partial charge in [0.1, 0.15) is 4.91 Å². The van der Waals surface area contributed by atoms with Gasteiger partial charge < -0.3 is 4.74 Å². The zero-order valence-corrected chi connectivity index (χ0v) is 9.44. The third kappa shape index (κ3) is 2.13. The second kappa shape index (κ2) is 4.56. The van der Waals surface area contributed by atoms with Crippen molar-refractivity contribution in [2.24, 2.45) is 0 Å². The van der Waals surface area contributed by atoms with Crippen LogP contribution < -0.4 is 0 Å². The first kappa shape index (κ1) is 11.2. The Kier molecular flexibility index (Phi) is 3.65. The van der Waals surface area contributed by atoms with E-state index in [1.165, 1.54) is 6.08 Å². The predicted molar refractivity (Wildman–Crippen MR) is 54.8 cm³/mol. The summed E-state index contributed by atoms with van der Waals surface area (Å²) >= 11 is 0. The Morgan fingerprint density at radius 3 is 2.64 bits per heavy atom. The fraction of sp³-hybridized carbons (Fsp3) is 0.375. The minimum atomic E-state index is -2.28. The van der Waals surface area contributed by atoms with E-state index in [4.69, 9.17) is 4.74 Å². The van der Waals surface area contributed by atoms with E-state index in [1.54, 1.807) is 19.9 Å². The highest BCUT2D eigenvalue weighted by Crippen LogP contribution is 2.21. The molecule has 78 valence electrons. The first-order chi connectivity index (χ1) is 6.57. The largest absolute Gasteiger partial charge is 0.462 e. The molecule has 1 aliphatic rings. The van der Waals surface area contributed by atoms with Crippen LogP contribution in [0.15, 0.2) is 22.0 Å². The van der Waals surface area contributed by atoms with Crippen LogP contribution in [0.25, 0.3) is 0 Å². The molecule has 1 atom stereocenters. The number of hydrogen-bond donors (Lipinski definition) is 0. The Morgan fingerprint density at radius 1 is 1.50 bits per heavy atom. The highest BCUT2D eigenvalue weighted by Gasteiger charge is 2.21. The molecule has 14 heavy (non-hydrogen) atoms. The van der Waals surface area contributed by atoms with E-state index in [0.717, 1.165) is 0 Å². The normalized spacial score (nSPS) is 20.0. The summed E-state index contributed by atoms with van der Waals surface area (Å²) in [4.78, 5) is 12.2. The number of esters is 1. The van der Waals surface area contributed by atoms with Gasteiger partial charge in [0.25, 0.3) is 0 Å². The maximum Gasteiger partial charge on any atom is 0.345 e. The second-order valence-electron chi connectivity index (χ2n) is 2.50. The van der Waals surface area contributed by atoms with Crippen LogP contribution in [0.1, 0.15) is 13.8 Å². The van der Waals surface area contributed by atoms with Crippen LogP contribution in [-0.4, -0.2) is 21.0 Å². The van der Waals surface area contributed by atoms with Gasteiger partial charge in [-0.25, -0.2) is 4.79 Å². The molecule has 0 amide bonds. The monoisotopic (exact) mass is 234 g/mol. The molecule has 0 radical (unpaired) electrons. The zero-order valence-electron chi connectivity index (χ0n) is 7.81. The van der Waals surface area contributed by atoms with E-state index >= 15 is 0 Å². The molecular weight excluding hydrogens is 224 g/mol. The summed E-state index contributed by atoms with van der Waals surface area (Å²) in [7, 11) is -3.41. The minimum absolute atomic E-state index is 0.220. The standard InChI is InChI=1S/C8H10O4S2/c1-3-12-8(9)7-5-4-6(2)13(7)14(10)11/h4-5H,3H2,1-2H3. The Labute approximate surface area is 85.4 Å². The van der Waals surface area contributed by atoms with Gasteiger partial charge in [0.15, 0.2) is 0 Å². The summed E-state index contributed by atoms with van der Waals surface area (Å²) < 4.78 is 26.5. The minimum Gasteiger partial charge on any atom is -0.462 e. The van der Waals surface area contributed by atoms with Crippen LogP contribution in [0.2, 0.25) is 0 Å². The lowest BCUT2D eigenvalue weighted by Gasteiger charge is -2.03. The zero-order chi connectivity index (χ0) is 10.7. The summed E-state index contributed by atoms with van der Waals surface area (Å²) in [6.07, 6.45) is 3.14. The van der Waals surface area contributed by atoms with Crippen molar-refractivity contribution in [3.05, 3.63) is 22.0 Å². The van der Waals surface area contributed by atoms with Crippen molar-refractivity contribution < 1.29 is 17.9 Å². The molecule has 1 aliphatic heterocycles. The predicted octanol–water partition coefficient (Wildman–Crippen LogP) is 0.763. The van der Waals surface area contributed by atoms with Crippen LogP contribution in [-0.2, 0) is 28.2 Å². The molecule has 1 unspecified atom stereocenters. The quantitative estimate of drug-likeness (QED) is 0.662. The Bertz CT molecular complexity index is 446. The van der Waals surface area contributed by atoms with Crippen LogP contribution >= 0.6 is 0 Å². The van der Waals surface area contributed by atoms with Gasteiger partial charge >= 0.3 is 5.97 Å². The summed E-state index contributed by atoms with van der Waals surface area (Å²) in [5, 5.41) is 0. The third-order valence-corrected chi connectivity index (χ3v) is 5.41. The first-order valence-corrected chi connectivity index (χ1v) is 6.79. The first-order valence-electron chi connectivity index (χ1n) is 3.97. The summed E-state index contributed by atoms with van der Waals surface area (Å²) in [6, 6.07) is 0. The van der Waals surface area contributed by atoms with Crippen molar-refractivity contribution >= 4 is 24.7 Å². The molecule has 0 aromatic heterocycles. The molecule has 4 nitrogen and oxygen atoms in total. The van der Waals surface area contributed by atoms with Crippen LogP contribution in [0.5, 0.6) is 0 Å². The molecule has 1 heterocycles. The Morgan fingerprint density at radius 2 is 2.14 bits per heavy atom. The van der Waals surface area contributed by atoms with Crippen molar-refractivity contribution in [2.45, 2.75) is 13.8 Å². The number of ether oxygens (including phenoxy) is 1. The summed E-state index contributed by atoms with van der Waals surface area (Å²) in [6.45, 7) is 3.61. The van der Waals surface area contributed by atoms with E-state index in [2.05, 4.69) is 0 Å². The fourth-order valence-electron chi connectivity index (χ4n) is 1.02. The lowest BCUT2D eigenvalue weighted by molar-refractivity contribution is -0.137. The van der Waals surface area contributed by atoms with Gasteiger partial charge in [-0.15, -0.1) is 0 Å². The van der Waals surface area contributed by atoms with Crippen molar-refractivity contribution in [3.8, 4) is 0 Å². The van der Waals surface area contributed by atoms with E-state index in [-0.39, 0.29) is 11.5 Å². The molecule has 0 aromatic carbocycles. The Hall–Kier alpha value is -0.880. The van der Waals surface area contributed by atoms with Crippen molar-refractivity contribution in [1.29, 1.82) is 0 Å². The average molecular weight is 234 g/mol. The molecular formula is C8H10O4S2. The number of allylic oxidation sites excluding steroid dienone is 3. The third-order valence-electron chi connectivity index (χ3n) is 1.57. The van der Waals surface area contributed by atoms with Gasteiger partial charge in [0.2, 0.25) is 9.26 Å². The van der Waals surface area contributed by atoms with E-state index in [1.807, 2.05) is 0 Å². The average Bonchev–Trinajstić information content (AvgIpc) is 2.47. The molecule has 0 N–H and O–H groups in total. The molecule has 0 spiro atoms. The molecule has 0 aliphatic carbocycles. The molecule has 0 saturated heterocycles. The van der Waals surface area contributed by atoms with Crippen molar-refractivity contribution in [3.63, 3.8) is 0 Å². The van der Waals surface area contributed by atoms with Gasteiger partial charge in [0.05, 0.1) is 6.61 Å². The molecule has 0 aromatic rings. The van der Waals surface area contributed by atoms with Crippen molar-refractivity contribution in [2.75, 3.05) is 6.61 Å². The number of rotatable bonds is 2. The lowest BCUT2D eigenvalue weighted by atomic mass is 10.4. The highest BCUT2D eigenvalue weighted by atomic mass is 32.9. The smallest absolute Gasteiger partial charge is 0.345 e. The van der Waals surface area contributed by atoms with Crippen molar-refractivity contribution in [1.82, 2.24) is 0 Å². The Balaban J connectivity index is 3.08. The molecule has 0 bridgehead atoms. The topological polar surface area (TPSA) is 60.4 Å². The van der Waals surface area contributed by atoms with E-state index in [0.29, 0.717) is 4.91 Å². The number of carbonyl (C=O) groups is 1. The maximum atomic E-state index is 11.3. The maximum absolute atomic E-state index is 11.3. The van der Waals surface area contributed by atoms with Crippen LogP contribution in [0.4, 0.5) is 0 Å². The van der Waals surface area contributed by atoms with Gasteiger partial charge in [-0.1, -0.05) is 6.08 Å². The molecule has 0 saturated carbocycles. The fourth-order valence-corrected chi connectivity index (χ4v) is 3.94. The van der Waals surface area contributed by atoms with Crippen LogP contribution in [0, 0.1) is 0 Å². The summed E-state index contributed by atoms with van der Waals surface area (Å²) in [5.74, 6) is -0.548. The van der Waals surface area contributed by atoms with Gasteiger partial charge in [0, 0.05) is 0 Å². The lowest BCUT2D eigenvalue weighted by Crippen LogP contribution is -2.10. The van der Waals surface area contributed by atoms with Crippen LogP contribution in [0.3, 0.4) is 0 Å². The number of carbonyl (C=O) groups excluding carboxylic acids is 1. The number of hydrogen-bond acceptors (Lipinski definition) is 4. The van der Waals surface area contributed by atoms with E-state index < -0.39 is 24.7 Å². The SMILES string of the molecule is CCOC(=O)C1=CC=C(C)S1=S(=O)=O. The van der Waals surface area contributed by atoms with Gasteiger partial charge in [-0.2, -0.15) is 8.42 Å². The molecule has 1 rings (SSSR count). The second-order valence-corrected chi connectivity index (χ2v) is 6.35. The van der Waals surface area contributed by atoms with E-state index in [9.17, 15) is 13.2 Å². The van der Waals surface area contributed by atoms with Gasteiger partial charge in [-0.05, 0) is 34.3 Å². The summed E-state index contributed by atoms with van der Waals surface area (Å²) in [5.41, 5.74) is 0. The van der Waals surface area contributed by atoms with Gasteiger partial charge in [-0.3, -0.25) is 0 Å². The molecule has 6 heteroatoms. The highest BCUT2D eigenvalue weighted by molar-refractivity contribution is 8.38.